The monoisotopic (exact) mass is 458 g/mol. The van der Waals surface area contributed by atoms with E-state index in [0.29, 0.717) is 16.9 Å². The van der Waals surface area contributed by atoms with Gasteiger partial charge in [-0.15, -0.1) is 0 Å². The number of sulfonamides is 1. The summed E-state index contributed by atoms with van der Waals surface area (Å²) in [5, 5.41) is 11.9. The molecule has 10 nitrogen and oxygen atoms in total. The van der Waals surface area contributed by atoms with Gasteiger partial charge in [0.25, 0.3) is 10.0 Å². The maximum atomic E-state index is 13.0. The fraction of sp³-hybridized carbons (Fsp3) is 0.238. The van der Waals surface area contributed by atoms with E-state index in [-0.39, 0.29) is 42.8 Å². The first-order chi connectivity index (χ1) is 15.5. The lowest BCUT2D eigenvalue weighted by atomic mass is 10.1. The molecular formula is C21H22N4O6S. The first-order valence-electron chi connectivity index (χ1n) is 9.58. The van der Waals surface area contributed by atoms with Gasteiger partial charge in [0.15, 0.2) is 5.82 Å². The molecule has 0 radical (unpaired) electrons. The molecule has 168 valence electrons. The fourth-order valence-corrected chi connectivity index (χ4v) is 4.03. The molecule has 3 rings (SSSR count). The average molecular weight is 458 g/mol. The Morgan fingerprint density at radius 3 is 2.53 bits per heavy atom. The summed E-state index contributed by atoms with van der Waals surface area (Å²) in [4.78, 5) is 18.6. The Balaban J connectivity index is 1.98. The van der Waals surface area contributed by atoms with Crippen molar-refractivity contribution in [3.63, 3.8) is 0 Å². The summed E-state index contributed by atoms with van der Waals surface area (Å²) in [6, 6.07) is 13.1. The molecular weight excluding hydrogens is 436 g/mol. The molecule has 0 aliphatic rings. The number of aliphatic hydroxyl groups is 1. The minimum Gasteiger partial charge on any atom is -0.496 e. The molecule has 0 aliphatic carbocycles. The Morgan fingerprint density at radius 2 is 1.84 bits per heavy atom. The summed E-state index contributed by atoms with van der Waals surface area (Å²) in [5.74, 6) is 0.792. The summed E-state index contributed by atoms with van der Waals surface area (Å²) >= 11 is 0. The lowest BCUT2D eigenvalue weighted by molar-refractivity contribution is 0.195. The minimum absolute atomic E-state index is 0.00757. The maximum absolute atomic E-state index is 13.0. The van der Waals surface area contributed by atoms with Gasteiger partial charge in [0.2, 0.25) is 5.88 Å². The Kier molecular flexibility index (Phi) is 7.68. The predicted molar refractivity (Wildman–Crippen MR) is 117 cm³/mol. The molecule has 2 aromatic carbocycles. The van der Waals surface area contributed by atoms with E-state index in [4.69, 9.17) is 14.6 Å². The summed E-state index contributed by atoms with van der Waals surface area (Å²) < 4.78 is 39.3. The molecule has 0 aliphatic heterocycles. The van der Waals surface area contributed by atoms with E-state index in [0.717, 1.165) is 5.56 Å². The lowest BCUT2D eigenvalue weighted by Crippen LogP contribution is -2.17. The smallest absolute Gasteiger partial charge is 0.263 e. The van der Waals surface area contributed by atoms with Gasteiger partial charge >= 0.3 is 0 Å². The summed E-state index contributed by atoms with van der Waals surface area (Å²) in [5.41, 5.74) is 1.75. The summed E-state index contributed by atoms with van der Waals surface area (Å²) in [7, 11) is -2.46. The third-order valence-corrected chi connectivity index (χ3v) is 5.86. The number of para-hydroxylation sites is 1. The molecule has 11 heteroatoms. The van der Waals surface area contributed by atoms with E-state index >= 15 is 0 Å². The van der Waals surface area contributed by atoms with E-state index in [1.165, 1.54) is 37.7 Å². The number of aromatic nitrogens is 2. The number of aliphatic hydroxyl groups excluding tert-OH is 1. The van der Waals surface area contributed by atoms with Crippen molar-refractivity contribution in [2.45, 2.75) is 17.9 Å². The summed E-state index contributed by atoms with van der Waals surface area (Å²) in [6.45, 7) is -0.302. The van der Waals surface area contributed by atoms with Crippen molar-refractivity contribution in [1.29, 1.82) is 0 Å². The summed E-state index contributed by atoms with van der Waals surface area (Å²) in [6.07, 6.45) is 1.39. The predicted octanol–water partition coefficient (Wildman–Crippen LogP) is 2.51. The molecule has 0 spiro atoms. The second-order valence-electron chi connectivity index (χ2n) is 6.60. The number of ether oxygens (including phenoxy) is 2. The molecule has 0 saturated heterocycles. The second kappa shape index (κ2) is 10.6. The first-order valence-corrected chi connectivity index (χ1v) is 11.1. The average Bonchev–Trinajstić information content (AvgIpc) is 2.80. The molecule has 1 heterocycles. The van der Waals surface area contributed by atoms with Crippen LogP contribution in [0.25, 0.3) is 0 Å². The minimum atomic E-state index is -4.00. The number of nitrogens with zero attached hydrogens (tertiary/aromatic N) is 3. The van der Waals surface area contributed by atoms with Gasteiger partial charge in [-0.2, -0.15) is 4.91 Å². The van der Waals surface area contributed by atoms with Crippen LogP contribution in [0, 0.1) is 4.91 Å². The number of benzene rings is 2. The van der Waals surface area contributed by atoms with E-state index in [9.17, 15) is 13.3 Å². The number of rotatable bonds is 11. The van der Waals surface area contributed by atoms with E-state index in [1.54, 1.807) is 6.07 Å². The Labute approximate surface area is 185 Å². The number of hydrogen-bond acceptors (Lipinski definition) is 9. The van der Waals surface area contributed by atoms with Gasteiger partial charge in [-0.05, 0) is 29.3 Å². The molecule has 32 heavy (non-hydrogen) atoms. The Bertz CT molecular complexity index is 1170. The van der Waals surface area contributed by atoms with Crippen LogP contribution in [0.5, 0.6) is 11.6 Å². The van der Waals surface area contributed by atoms with Crippen molar-refractivity contribution in [1.82, 2.24) is 9.97 Å². The maximum Gasteiger partial charge on any atom is 0.263 e. The van der Waals surface area contributed by atoms with Crippen LogP contribution in [0.15, 0.2) is 64.9 Å². The number of anilines is 1. The number of methoxy groups -OCH3 is 1. The highest BCUT2D eigenvalue weighted by Crippen LogP contribution is 2.30. The van der Waals surface area contributed by atoms with Crippen molar-refractivity contribution in [2.75, 3.05) is 25.0 Å². The zero-order valence-electron chi connectivity index (χ0n) is 17.3. The van der Waals surface area contributed by atoms with Gasteiger partial charge < -0.3 is 14.6 Å². The van der Waals surface area contributed by atoms with Crippen LogP contribution >= 0.6 is 0 Å². The molecule has 0 fully saturated rings. The lowest BCUT2D eigenvalue weighted by Gasteiger charge is -2.16. The Hall–Kier alpha value is -3.57. The SMILES string of the molecule is COc1ccccc1Cc1c(NS(=O)(=O)c2ccc(CN=O)cc2)ncnc1OCCO. The van der Waals surface area contributed by atoms with Crippen molar-refractivity contribution in [3.8, 4) is 11.6 Å². The van der Waals surface area contributed by atoms with Crippen molar-refractivity contribution >= 4 is 15.8 Å². The van der Waals surface area contributed by atoms with Gasteiger partial charge in [0.05, 0.1) is 24.2 Å². The van der Waals surface area contributed by atoms with Crippen molar-refractivity contribution < 1.29 is 23.0 Å². The van der Waals surface area contributed by atoms with Gasteiger partial charge in [-0.1, -0.05) is 35.5 Å². The zero-order valence-corrected chi connectivity index (χ0v) is 18.1. The number of nitrogens with one attached hydrogen (secondary N) is 1. The number of hydrogen-bond donors (Lipinski definition) is 2. The third kappa shape index (κ3) is 5.56. The molecule has 0 saturated carbocycles. The fourth-order valence-electron chi connectivity index (χ4n) is 2.98. The molecule has 0 amide bonds. The highest BCUT2D eigenvalue weighted by molar-refractivity contribution is 7.92. The van der Waals surface area contributed by atoms with E-state index in [1.807, 2.05) is 18.2 Å². The largest absolute Gasteiger partial charge is 0.496 e. The Morgan fingerprint density at radius 1 is 1.09 bits per heavy atom. The molecule has 0 unspecified atom stereocenters. The highest BCUT2D eigenvalue weighted by atomic mass is 32.2. The molecule has 1 aromatic heterocycles. The van der Waals surface area contributed by atoms with Crippen LogP contribution in [0.3, 0.4) is 0 Å². The van der Waals surface area contributed by atoms with Gasteiger partial charge in [0.1, 0.15) is 25.2 Å². The normalized spacial score (nSPS) is 11.1. The van der Waals surface area contributed by atoms with Gasteiger partial charge in [0, 0.05) is 6.42 Å². The van der Waals surface area contributed by atoms with Crippen LogP contribution < -0.4 is 14.2 Å². The van der Waals surface area contributed by atoms with Crippen molar-refractivity contribution in [3.05, 3.63) is 76.5 Å². The zero-order chi connectivity index (χ0) is 23.0. The van der Waals surface area contributed by atoms with Crippen molar-refractivity contribution in [2.24, 2.45) is 5.18 Å². The van der Waals surface area contributed by atoms with Gasteiger partial charge in [-0.3, -0.25) is 4.72 Å². The second-order valence-corrected chi connectivity index (χ2v) is 8.29. The van der Waals surface area contributed by atoms with Crippen LogP contribution in [-0.4, -0.2) is 43.8 Å². The topological polar surface area (TPSA) is 140 Å². The van der Waals surface area contributed by atoms with E-state index in [2.05, 4.69) is 19.9 Å². The standard InChI is InChI=1S/C21H22N4O6S/c1-30-19-5-3-2-4-16(19)12-18-20(22-14-23-21(18)31-11-10-26)25-32(28,29)17-8-6-15(7-9-17)13-24-27/h2-9,14,26H,10-13H2,1H3,(H,22,23,25). The van der Waals surface area contributed by atoms with Crippen LogP contribution in [0.1, 0.15) is 16.7 Å². The molecule has 2 N–H and O–H groups in total. The van der Waals surface area contributed by atoms with E-state index < -0.39 is 10.0 Å². The third-order valence-electron chi connectivity index (χ3n) is 4.51. The van der Waals surface area contributed by atoms with Crippen LogP contribution in [0.2, 0.25) is 0 Å². The molecule has 3 aromatic rings. The quantitative estimate of drug-likeness (QED) is 0.418. The van der Waals surface area contributed by atoms with Crippen LogP contribution in [-0.2, 0) is 23.0 Å². The van der Waals surface area contributed by atoms with Crippen LogP contribution in [0.4, 0.5) is 5.82 Å². The highest BCUT2D eigenvalue weighted by Gasteiger charge is 2.21. The first kappa shape index (κ1) is 23.1. The molecule has 0 bridgehead atoms. The van der Waals surface area contributed by atoms with Gasteiger partial charge in [-0.25, -0.2) is 18.4 Å². The number of nitroso groups, excluding NO2 is 1. The molecule has 0 atom stereocenters.